The molecule has 0 N–H and O–H groups in total. The van der Waals surface area contributed by atoms with Crippen LogP contribution in [0.15, 0.2) is 0 Å². The van der Waals surface area contributed by atoms with Crippen molar-refractivity contribution in [2.75, 3.05) is 13.2 Å². The summed E-state index contributed by atoms with van der Waals surface area (Å²) in [4.78, 5) is 25.4. The Kier molecular flexibility index (Phi) is 10.5. The Morgan fingerprint density at radius 3 is 1.82 bits per heavy atom. The Hall–Kier alpha value is -1.14. The molecule has 5 fully saturated rings. The Morgan fingerprint density at radius 2 is 1.26 bits per heavy atom. The van der Waals surface area contributed by atoms with E-state index in [0.717, 1.165) is 63.2 Å². The lowest BCUT2D eigenvalue weighted by molar-refractivity contribution is -0.163. The number of ether oxygens (including phenoxy) is 4. The zero-order valence-electron chi connectivity index (χ0n) is 25.7. The Labute approximate surface area is 237 Å². The Morgan fingerprint density at radius 1 is 0.692 bits per heavy atom. The van der Waals surface area contributed by atoms with Crippen LogP contribution in [0.3, 0.4) is 0 Å². The summed E-state index contributed by atoms with van der Waals surface area (Å²) >= 11 is 0. The molecule has 0 amide bonds. The molecule has 0 radical (unpaired) electrons. The summed E-state index contributed by atoms with van der Waals surface area (Å²) < 4.78 is 23.3. The Bertz CT molecular complexity index is 793. The summed E-state index contributed by atoms with van der Waals surface area (Å²) in [7, 11) is 0. The van der Waals surface area contributed by atoms with Crippen LogP contribution >= 0.6 is 0 Å². The van der Waals surface area contributed by atoms with Gasteiger partial charge in [0.25, 0.3) is 0 Å². The molecule has 0 bridgehead atoms. The van der Waals surface area contributed by atoms with Crippen molar-refractivity contribution < 1.29 is 28.5 Å². The maximum absolute atomic E-state index is 12.8. The fourth-order valence-electron chi connectivity index (χ4n) is 7.19. The van der Waals surface area contributed by atoms with E-state index in [1.165, 1.54) is 32.1 Å². The van der Waals surface area contributed by atoms with Gasteiger partial charge in [0.15, 0.2) is 6.10 Å². The molecule has 2 heterocycles. The summed E-state index contributed by atoms with van der Waals surface area (Å²) in [5, 5.41) is 0. The molecule has 0 spiro atoms. The van der Waals surface area contributed by atoms with E-state index in [9.17, 15) is 9.59 Å². The predicted molar refractivity (Wildman–Crippen MR) is 152 cm³/mol. The number of hydrogen-bond donors (Lipinski definition) is 0. The number of carbonyl (C=O) groups is 2. The van der Waals surface area contributed by atoms with Gasteiger partial charge in [-0.15, -0.1) is 0 Å². The van der Waals surface area contributed by atoms with Crippen LogP contribution in [0.2, 0.25) is 0 Å². The van der Waals surface area contributed by atoms with Crippen LogP contribution in [-0.4, -0.2) is 49.6 Å². The second-order valence-electron chi connectivity index (χ2n) is 15.1. The summed E-state index contributed by atoms with van der Waals surface area (Å²) in [5.74, 6) is 1.16. The van der Waals surface area contributed by atoms with Gasteiger partial charge in [0.2, 0.25) is 0 Å². The number of rotatable bonds is 5. The van der Waals surface area contributed by atoms with Crippen molar-refractivity contribution in [2.45, 2.75) is 149 Å². The zero-order chi connectivity index (χ0) is 28.2. The molecule has 4 unspecified atom stereocenters. The smallest absolute Gasteiger partial charge is 0.314 e. The van der Waals surface area contributed by atoms with Gasteiger partial charge in [-0.3, -0.25) is 9.59 Å². The lowest BCUT2D eigenvalue weighted by atomic mass is 9.73. The monoisotopic (exact) mass is 548 g/mol. The van der Waals surface area contributed by atoms with Crippen LogP contribution in [0.4, 0.5) is 0 Å². The first-order valence-corrected chi connectivity index (χ1v) is 16.1. The van der Waals surface area contributed by atoms with Gasteiger partial charge >= 0.3 is 11.9 Å². The number of carbonyl (C=O) groups excluding carboxylic acids is 2. The maximum Gasteiger partial charge on any atom is 0.314 e. The number of fused-ring (bicyclic) bond motifs is 1. The first-order valence-electron chi connectivity index (χ1n) is 16.1. The molecule has 4 atom stereocenters. The third-order valence-corrected chi connectivity index (χ3v) is 10.4. The lowest BCUT2D eigenvalue weighted by Crippen LogP contribution is -2.38. The second-order valence-corrected chi connectivity index (χ2v) is 15.1. The summed E-state index contributed by atoms with van der Waals surface area (Å²) in [6.07, 6.45) is 14.1. The lowest BCUT2D eigenvalue weighted by Gasteiger charge is -2.34. The topological polar surface area (TPSA) is 71.1 Å². The highest BCUT2D eigenvalue weighted by Crippen LogP contribution is 2.40. The van der Waals surface area contributed by atoms with Crippen molar-refractivity contribution in [3.8, 4) is 0 Å². The van der Waals surface area contributed by atoms with E-state index in [-0.39, 0.29) is 42.8 Å². The highest BCUT2D eigenvalue weighted by atomic mass is 16.6. The van der Waals surface area contributed by atoms with E-state index >= 15 is 0 Å². The van der Waals surface area contributed by atoms with Crippen LogP contribution in [0, 0.1) is 34.5 Å². The van der Waals surface area contributed by atoms with Gasteiger partial charge < -0.3 is 18.9 Å². The van der Waals surface area contributed by atoms with Crippen LogP contribution in [0.5, 0.6) is 0 Å². The number of hydrogen-bond acceptors (Lipinski definition) is 6. The molecular formula is C33H56O6. The standard InChI is InChI=1S/C24H38O6.C9H18/c1-23(2)9-5-15(6-10-23)21(25)30-18-14-28-19-17(13-27-20(18)19)22(26)29-16-7-11-24(3,4)12-8-16;1-8(2)9-6-4-3-5-7-9/h15-20H,5-14H2,1-4H3;8-9H,3-7H2,1-2H3. The number of esters is 2. The average Bonchev–Trinajstić information content (AvgIpc) is 3.49. The molecule has 0 aromatic carbocycles. The normalized spacial score (nSPS) is 33.2. The van der Waals surface area contributed by atoms with E-state index in [4.69, 9.17) is 18.9 Å². The summed E-state index contributed by atoms with van der Waals surface area (Å²) in [6.45, 7) is 14.3. The molecule has 224 valence electrons. The van der Waals surface area contributed by atoms with Crippen molar-refractivity contribution in [1.29, 1.82) is 0 Å². The minimum atomic E-state index is -0.427. The van der Waals surface area contributed by atoms with Gasteiger partial charge in [-0.1, -0.05) is 73.6 Å². The molecular weight excluding hydrogens is 492 g/mol. The molecule has 6 heteroatoms. The van der Waals surface area contributed by atoms with E-state index in [2.05, 4.69) is 41.5 Å². The molecule has 3 saturated carbocycles. The highest BCUT2D eigenvalue weighted by molar-refractivity contribution is 5.74. The van der Waals surface area contributed by atoms with Gasteiger partial charge in [0, 0.05) is 0 Å². The average molecular weight is 549 g/mol. The third-order valence-electron chi connectivity index (χ3n) is 10.4. The van der Waals surface area contributed by atoms with E-state index < -0.39 is 12.0 Å². The largest absolute Gasteiger partial charge is 0.462 e. The van der Waals surface area contributed by atoms with Crippen LogP contribution in [0.25, 0.3) is 0 Å². The van der Waals surface area contributed by atoms with E-state index in [0.29, 0.717) is 17.4 Å². The van der Waals surface area contributed by atoms with Crippen molar-refractivity contribution in [1.82, 2.24) is 0 Å². The first-order chi connectivity index (χ1) is 18.4. The van der Waals surface area contributed by atoms with Crippen molar-refractivity contribution in [2.24, 2.45) is 34.5 Å². The predicted octanol–water partition coefficient (Wildman–Crippen LogP) is 7.26. The molecule has 3 aliphatic carbocycles. The molecule has 6 nitrogen and oxygen atoms in total. The maximum atomic E-state index is 12.8. The fourth-order valence-corrected chi connectivity index (χ4v) is 7.19. The second kappa shape index (κ2) is 13.2. The van der Waals surface area contributed by atoms with Crippen molar-refractivity contribution >= 4 is 11.9 Å². The molecule has 2 aliphatic heterocycles. The SMILES string of the molecule is CC(C)C1CCCCC1.CC1(C)CCC(OC(=O)C2COC3C(OC(=O)C4CCC(C)(C)CC4)COC23)CC1. The quantitative estimate of drug-likeness (QED) is 0.337. The summed E-state index contributed by atoms with van der Waals surface area (Å²) in [5.41, 5.74) is 0.652. The van der Waals surface area contributed by atoms with Gasteiger partial charge in [-0.25, -0.2) is 0 Å². The Balaban J connectivity index is 0.000000333. The molecule has 39 heavy (non-hydrogen) atoms. The fraction of sp³-hybridized carbons (Fsp3) is 0.939. The highest BCUT2D eigenvalue weighted by Gasteiger charge is 2.53. The molecule has 5 rings (SSSR count). The summed E-state index contributed by atoms with van der Waals surface area (Å²) in [6, 6.07) is 0. The van der Waals surface area contributed by atoms with Crippen LogP contribution in [-0.2, 0) is 28.5 Å². The van der Waals surface area contributed by atoms with Crippen LogP contribution in [0.1, 0.15) is 125 Å². The third kappa shape index (κ3) is 8.44. The zero-order valence-corrected chi connectivity index (χ0v) is 25.7. The van der Waals surface area contributed by atoms with Crippen molar-refractivity contribution in [3.63, 3.8) is 0 Å². The first kappa shape index (κ1) is 30.8. The molecule has 2 saturated heterocycles. The molecule has 0 aromatic rings. The minimum Gasteiger partial charge on any atom is -0.462 e. The van der Waals surface area contributed by atoms with Crippen LogP contribution < -0.4 is 0 Å². The van der Waals surface area contributed by atoms with E-state index in [1.807, 2.05) is 0 Å². The minimum absolute atomic E-state index is 0.00449. The van der Waals surface area contributed by atoms with Gasteiger partial charge in [0.05, 0.1) is 19.1 Å². The van der Waals surface area contributed by atoms with Gasteiger partial charge in [-0.2, -0.15) is 0 Å². The van der Waals surface area contributed by atoms with Crippen molar-refractivity contribution in [3.05, 3.63) is 0 Å². The van der Waals surface area contributed by atoms with E-state index in [1.54, 1.807) is 0 Å². The van der Waals surface area contributed by atoms with Gasteiger partial charge in [0.1, 0.15) is 24.2 Å². The molecule has 5 aliphatic rings. The van der Waals surface area contributed by atoms with Gasteiger partial charge in [-0.05, 0) is 74.0 Å². The molecule has 0 aromatic heterocycles.